The van der Waals surface area contributed by atoms with Crippen molar-refractivity contribution in [1.29, 1.82) is 0 Å². The molecule has 0 amide bonds. The molecule has 0 unspecified atom stereocenters. The summed E-state index contributed by atoms with van der Waals surface area (Å²) in [5.41, 5.74) is 2.11. The number of pyridine rings is 1. The molecule has 5 nitrogen and oxygen atoms in total. The number of nitrogens with zero attached hydrogens (tertiary/aromatic N) is 2. The summed E-state index contributed by atoms with van der Waals surface area (Å²) >= 11 is 0. The van der Waals surface area contributed by atoms with Gasteiger partial charge < -0.3 is 14.4 Å². The van der Waals surface area contributed by atoms with Gasteiger partial charge in [-0.2, -0.15) is 0 Å². The van der Waals surface area contributed by atoms with Crippen LogP contribution in [0.4, 0.5) is 0 Å². The summed E-state index contributed by atoms with van der Waals surface area (Å²) in [6, 6.07) is 4.14. The fourth-order valence-electron chi connectivity index (χ4n) is 3.65. The van der Waals surface area contributed by atoms with E-state index >= 15 is 0 Å². The summed E-state index contributed by atoms with van der Waals surface area (Å²) in [6.07, 6.45) is 10.0. The van der Waals surface area contributed by atoms with E-state index < -0.39 is 5.97 Å². The number of carboxylic acids is 1. The van der Waals surface area contributed by atoms with Crippen molar-refractivity contribution in [2.75, 3.05) is 6.61 Å². The van der Waals surface area contributed by atoms with Crippen LogP contribution >= 0.6 is 0 Å². The highest BCUT2D eigenvalue weighted by molar-refractivity contribution is 5.77. The third-order valence-corrected chi connectivity index (χ3v) is 5.43. The largest absolute Gasteiger partial charge is 0.492 e. The lowest BCUT2D eigenvalue weighted by Gasteiger charge is -2.26. The molecule has 2 aliphatic rings. The van der Waals surface area contributed by atoms with Crippen LogP contribution in [0.5, 0.6) is 5.75 Å². The van der Waals surface area contributed by atoms with Gasteiger partial charge in [0.2, 0.25) is 0 Å². The molecule has 0 aromatic carbocycles. The summed E-state index contributed by atoms with van der Waals surface area (Å²) in [7, 11) is 0. The summed E-state index contributed by atoms with van der Waals surface area (Å²) in [4.78, 5) is 15.6. The van der Waals surface area contributed by atoms with Gasteiger partial charge in [0.05, 0.1) is 29.8 Å². The molecule has 2 aromatic rings. The summed E-state index contributed by atoms with van der Waals surface area (Å²) in [5, 5.41) is 9.12. The van der Waals surface area contributed by atoms with Gasteiger partial charge in [-0.05, 0) is 56.4 Å². The van der Waals surface area contributed by atoms with E-state index in [4.69, 9.17) is 9.84 Å². The molecule has 4 rings (SSSR count). The van der Waals surface area contributed by atoms with Crippen molar-refractivity contribution in [2.45, 2.75) is 45.1 Å². The lowest BCUT2D eigenvalue weighted by Crippen LogP contribution is -2.23. The van der Waals surface area contributed by atoms with Crippen LogP contribution in [0, 0.1) is 17.8 Å². The number of ether oxygens (including phenoxy) is 1. The van der Waals surface area contributed by atoms with Crippen LogP contribution in [0.1, 0.15) is 38.5 Å². The van der Waals surface area contributed by atoms with Crippen molar-refractivity contribution in [2.24, 2.45) is 17.8 Å². The third-order valence-electron chi connectivity index (χ3n) is 5.43. The second-order valence-electron chi connectivity index (χ2n) is 7.35. The van der Waals surface area contributed by atoms with E-state index in [0.717, 1.165) is 61.5 Å². The first-order valence-corrected chi connectivity index (χ1v) is 8.99. The van der Waals surface area contributed by atoms with Gasteiger partial charge in [-0.15, -0.1) is 0 Å². The molecular weight excluding hydrogens is 304 g/mol. The number of carboxylic acid groups (broad SMARTS) is 1. The number of aromatic nitrogens is 2. The minimum absolute atomic E-state index is 0.147. The molecule has 2 fully saturated rings. The molecule has 0 spiro atoms. The number of hydrogen-bond acceptors (Lipinski definition) is 3. The minimum atomic E-state index is -0.637. The van der Waals surface area contributed by atoms with Crippen LogP contribution in [0.2, 0.25) is 0 Å². The number of rotatable bonds is 6. The molecule has 0 aliphatic heterocycles. The number of fused-ring (bicyclic) bond motifs is 1. The Balaban J connectivity index is 1.43. The molecule has 0 atom stereocenters. The summed E-state index contributed by atoms with van der Waals surface area (Å²) < 4.78 is 8.10. The lowest BCUT2D eigenvalue weighted by atomic mass is 9.82. The Hall–Kier alpha value is -2.04. The molecule has 0 bridgehead atoms. The Bertz CT molecular complexity index is 727. The van der Waals surface area contributed by atoms with Crippen molar-refractivity contribution >= 4 is 17.0 Å². The molecule has 0 saturated heterocycles. The second-order valence-corrected chi connectivity index (χ2v) is 7.35. The Kier molecular flexibility index (Phi) is 4.17. The first-order chi connectivity index (χ1) is 11.7. The second kappa shape index (κ2) is 6.46. The van der Waals surface area contributed by atoms with Gasteiger partial charge in [0.25, 0.3) is 0 Å². The van der Waals surface area contributed by atoms with Crippen LogP contribution in [0.25, 0.3) is 11.0 Å². The number of carbonyl (C=O) groups is 1. The normalized spacial score (nSPS) is 24.2. The fraction of sp³-hybridized carbons (Fsp3) is 0.579. The average molecular weight is 328 g/mol. The zero-order valence-electron chi connectivity index (χ0n) is 13.9. The van der Waals surface area contributed by atoms with Crippen molar-refractivity contribution in [3.63, 3.8) is 0 Å². The van der Waals surface area contributed by atoms with E-state index in [0.29, 0.717) is 5.92 Å². The molecule has 128 valence electrons. The molecule has 5 heteroatoms. The van der Waals surface area contributed by atoms with Crippen molar-refractivity contribution in [3.05, 3.63) is 24.5 Å². The van der Waals surface area contributed by atoms with Crippen molar-refractivity contribution in [3.8, 4) is 5.75 Å². The van der Waals surface area contributed by atoms with Gasteiger partial charge in [0.1, 0.15) is 5.75 Å². The summed E-state index contributed by atoms with van der Waals surface area (Å²) in [5.74, 6) is 1.35. The van der Waals surface area contributed by atoms with Crippen LogP contribution < -0.4 is 4.74 Å². The highest BCUT2D eigenvalue weighted by Gasteiger charge is 2.26. The van der Waals surface area contributed by atoms with Crippen LogP contribution in [-0.4, -0.2) is 27.2 Å². The predicted octanol–water partition coefficient (Wildman–Crippen LogP) is 3.72. The molecule has 1 N–H and O–H groups in total. The topological polar surface area (TPSA) is 64.3 Å². The van der Waals surface area contributed by atoms with Crippen molar-refractivity contribution in [1.82, 2.24) is 9.55 Å². The average Bonchev–Trinajstić information content (AvgIpc) is 3.35. The Morgan fingerprint density at radius 1 is 1.21 bits per heavy atom. The van der Waals surface area contributed by atoms with Gasteiger partial charge in [-0.1, -0.05) is 0 Å². The van der Waals surface area contributed by atoms with Gasteiger partial charge in [-0.3, -0.25) is 9.78 Å². The van der Waals surface area contributed by atoms with E-state index in [1.54, 1.807) is 0 Å². The zero-order chi connectivity index (χ0) is 16.5. The smallest absolute Gasteiger partial charge is 0.306 e. The predicted molar refractivity (Wildman–Crippen MR) is 91.0 cm³/mol. The zero-order valence-corrected chi connectivity index (χ0v) is 13.9. The van der Waals surface area contributed by atoms with Crippen molar-refractivity contribution < 1.29 is 14.6 Å². The lowest BCUT2D eigenvalue weighted by molar-refractivity contribution is -0.143. The number of aliphatic carboxylic acids is 1. The maximum atomic E-state index is 11.1. The van der Waals surface area contributed by atoms with E-state index in [9.17, 15) is 4.79 Å². The quantitative estimate of drug-likeness (QED) is 0.878. The molecule has 2 saturated carbocycles. The molecule has 24 heavy (non-hydrogen) atoms. The van der Waals surface area contributed by atoms with Crippen LogP contribution in [0.3, 0.4) is 0 Å². The highest BCUT2D eigenvalue weighted by atomic mass is 16.5. The molecule has 2 heterocycles. The maximum absolute atomic E-state index is 11.1. The van der Waals surface area contributed by atoms with Crippen LogP contribution in [0.15, 0.2) is 24.5 Å². The fourth-order valence-corrected chi connectivity index (χ4v) is 3.65. The Labute approximate surface area is 141 Å². The Morgan fingerprint density at radius 3 is 2.67 bits per heavy atom. The van der Waals surface area contributed by atoms with Crippen LogP contribution in [-0.2, 0) is 11.3 Å². The molecular formula is C19H24N2O3. The Morgan fingerprint density at radius 2 is 1.96 bits per heavy atom. The minimum Gasteiger partial charge on any atom is -0.492 e. The van der Waals surface area contributed by atoms with Gasteiger partial charge in [0.15, 0.2) is 0 Å². The molecule has 2 aliphatic carbocycles. The SMILES string of the molecule is O=C(O)C1CCC(Cn2ccc3ncc(OCC4CC4)cc32)CC1. The number of hydrogen-bond donors (Lipinski definition) is 1. The molecule has 0 radical (unpaired) electrons. The van der Waals surface area contributed by atoms with E-state index in [-0.39, 0.29) is 5.92 Å². The first-order valence-electron chi connectivity index (χ1n) is 8.99. The van der Waals surface area contributed by atoms with Gasteiger partial charge in [0, 0.05) is 18.8 Å². The van der Waals surface area contributed by atoms with E-state index in [1.807, 2.05) is 12.3 Å². The van der Waals surface area contributed by atoms with Gasteiger partial charge >= 0.3 is 5.97 Å². The van der Waals surface area contributed by atoms with E-state index in [1.165, 1.54) is 12.8 Å². The first kappa shape index (κ1) is 15.5. The van der Waals surface area contributed by atoms with Gasteiger partial charge in [-0.25, -0.2) is 0 Å². The standard InChI is InChI=1S/C19H24N2O3/c22-19(23)15-5-3-13(4-6-15)11-21-8-7-17-18(21)9-16(10-20-17)24-12-14-1-2-14/h7-10,13-15H,1-6,11-12H2,(H,22,23). The molecule has 2 aromatic heterocycles. The summed E-state index contributed by atoms with van der Waals surface area (Å²) in [6.45, 7) is 1.73. The highest BCUT2D eigenvalue weighted by Crippen LogP contribution is 2.32. The monoisotopic (exact) mass is 328 g/mol. The van der Waals surface area contributed by atoms with E-state index in [2.05, 4.69) is 21.8 Å². The maximum Gasteiger partial charge on any atom is 0.306 e. The third kappa shape index (κ3) is 3.40.